The van der Waals surface area contributed by atoms with E-state index >= 15 is 0 Å². The van der Waals surface area contributed by atoms with Crippen molar-refractivity contribution in [3.8, 4) is 0 Å². The Kier molecular flexibility index (Phi) is 3.24. The maximum atomic E-state index is 10.7. The van der Waals surface area contributed by atoms with Crippen molar-refractivity contribution >= 4 is 5.91 Å². The molecule has 0 heterocycles. The fourth-order valence-corrected chi connectivity index (χ4v) is 0.475. The van der Waals surface area contributed by atoms with Crippen molar-refractivity contribution in [1.82, 2.24) is 4.90 Å². The smallest absolute Gasteiger partial charge is 0.250 e. The molecule has 3 heteroatoms. The average molecular weight is 131 g/mol. The number of aliphatic hydroxyl groups is 1. The Morgan fingerprint density at radius 2 is 2.22 bits per heavy atom. The minimum atomic E-state index is -0.866. The number of carbonyl (C=O) groups is 1. The molecule has 0 aromatic carbocycles. The monoisotopic (exact) mass is 131 g/mol. The molecule has 1 atom stereocenters. The topological polar surface area (TPSA) is 40.5 Å². The van der Waals surface area contributed by atoms with Gasteiger partial charge in [-0.3, -0.25) is 4.79 Å². The van der Waals surface area contributed by atoms with Crippen LogP contribution in [0.1, 0.15) is 13.8 Å². The van der Waals surface area contributed by atoms with Crippen molar-refractivity contribution in [2.75, 3.05) is 13.6 Å². The van der Waals surface area contributed by atoms with Crippen molar-refractivity contribution in [3.05, 3.63) is 0 Å². The zero-order valence-electron chi connectivity index (χ0n) is 6.09. The van der Waals surface area contributed by atoms with Crippen molar-refractivity contribution < 1.29 is 9.90 Å². The number of nitrogens with zero attached hydrogens (tertiary/aromatic N) is 1. The molecule has 54 valence electrons. The molecule has 0 aromatic rings. The highest BCUT2D eigenvalue weighted by molar-refractivity contribution is 5.79. The number of amides is 1. The van der Waals surface area contributed by atoms with Gasteiger partial charge < -0.3 is 10.0 Å². The summed E-state index contributed by atoms with van der Waals surface area (Å²) < 4.78 is 0. The van der Waals surface area contributed by atoms with Crippen LogP contribution in [0.5, 0.6) is 0 Å². The van der Waals surface area contributed by atoms with E-state index in [0.29, 0.717) is 6.54 Å². The summed E-state index contributed by atoms with van der Waals surface area (Å²) in [6, 6.07) is 0. The number of likely N-dealkylation sites (N-methyl/N-ethyl adjacent to an activating group) is 1. The molecule has 0 unspecified atom stereocenters. The summed E-state index contributed by atoms with van der Waals surface area (Å²) in [6.07, 6.45) is -0.866. The van der Waals surface area contributed by atoms with Crippen LogP contribution in [0.4, 0.5) is 0 Å². The molecule has 3 nitrogen and oxygen atoms in total. The molecule has 0 fully saturated rings. The van der Waals surface area contributed by atoms with Crippen LogP contribution in [-0.2, 0) is 4.79 Å². The zero-order valence-corrected chi connectivity index (χ0v) is 6.09. The van der Waals surface area contributed by atoms with Crippen molar-refractivity contribution in [3.63, 3.8) is 0 Å². The van der Waals surface area contributed by atoms with Gasteiger partial charge in [-0.05, 0) is 13.8 Å². The summed E-state index contributed by atoms with van der Waals surface area (Å²) in [4.78, 5) is 12.2. The van der Waals surface area contributed by atoms with Crippen molar-refractivity contribution in [2.45, 2.75) is 20.0 Å². The molecule has 9 heavy (non-hydrogen) atoms. The Morgan fingerprint density at radius 1 is 1.78 bits per heavy atom. The second kappa shape index (κ2) is 3.45. The van der Waals surface area contributed by atoms with E-state index in [1.54, 1.807) is 7.05 Å². The first-order valence-electron chi connectivity index (χ1n) is 3.02. The van der Waals surface area contributed by atoms with E-state index in [0.717, 1.165) is 0 Å². The maximum Gasteiger partial charge on any atom is 0.250 e. The first-order chi connectivity index (χ1) is 4.09. The third-order valence-corrected chi connectivity index (χ3v) is 1.21. The molecule has 1 N–H and O–H groups in total. The van der Waals surface area contributed by atoms with E-state index in [-0.39, 0.29) is 5.91 Å². The van der Waals surface area contributed by atoms with Crippen LogP contribution in [0.2, 0.25) is 0 Å². The minimum absolute atomic E-state index is 0.225. The van der Waals surface area contributed by atoms with Crippen molar-refractivity contribution in [2.24, 2.45) is 0 Å². The normalized spacial score (nSPS) is 12.9. The van der Waals surface area contributed by atoms with Gasteiger partial charge in [0.25, 0.3) is 5.91 Å². The van der Waals surface area contributed by atoms with Crippen LogP contribution < -0.4 is 0 Å². The minimum Gasteiger partial charge on any atom is -0.384 e. The van der Waals surface area contributed by atoms with E-state index in [1.165, 1.54) is 11.8 Å². The highest BCUT2D eigenvalue weighted by Gasteiger charge is 2.11. The van der Waals surface area contributed by atoms with Gasteiger partial charge in [0.15, 0.2) is 0 Å². The lowest BCUT2D eigenvalue weighted by molar-refractivity contribution is -0.137. The molecule has 0 bridgehead atoms. The van der Waals surface area contributed by atoms with E-state index in [9.17, 15) is 4.79 Å². The van der Waals surface area contributed by atoms with E-state index in [1.807, 2.05) is 6.92 Å². The Morgan fingerprint density at radius 3 is 2.33 bits per heavy atom. The molecule has 0 radical (unpaired) electrons. The summed E-state index contributed by atoms with van der Waals surface area (Å²) in [5, 5.41) is 8.73. The van der Waals surface area contributed by atoms with Gasteiger partial charge in [0.05, 0.1) is 0 Å². The summed E-state index contributed by atoms with van der Waals surface area (Å²) >= 11 is 0. The fourth-order valence-electron chi connectivity index (χ4n) is 0.475. The van der Waals surface area contributed by atoms with Gasteiger partial charge in [-0.2, -0.15) is 0 Å². The zero-order chi connectivity index (χ0) is 7.44. The van der Waals surface area contributed by atoms with Gasteiger partial charge in [0.2, 0.25) is 0 Å². The molecule has 0 spiro atoms. The molecule has 0 aliphatic heterocycles. The lowest BCUT2D eigenvalue weighted by Gasteiger charge is -2.15. The molecular formula is C6H13NO2. The molecule has 0 aromatic heterocycles. The highest BCUT2D eigenvalue weighted by Crippen LogP contribution is 1.88. The first-order valence-corrected chi connectivity index (χ1v) is 3.02. The van der Waals surface area contributed by atoms with Crippen LogP contribution >= 0.6 is 0 Å². The fraction of sp³-hybridized carbons (Fsp3) is 0.833. The molecule has 0 saturated carbocycles. The van der Waals surface area contributed by atoms with Gasteiger partial charge >= 0.3 is 0 Å². The Bertz CT molecular complexity index is 101. The lowest BCUT2D eigenvalue weighted by Crippen LogP contribution is -2.34. The molecule has 0 saturated heterocycles. The Balaban J connectivity index is 3.73. The Hall–Kier alpha value is -0.570. The third kappa shape index (κ3) is 2.46. The third-order valence-electron chi connectivity index (χ3n) is 1.21. The first kappa shape index (κ1) is 8.43. The van der Waals surface area contributed by atoms with E-state index < -0.39 is 6.10 Å². The lowest BCUT2D eigenvalue weighted by atomic mass is 10.3. The summed E-state index contributed by atoms with van der Waals surface area (Å²) in [5.74, 6) is -0.225. The van der Waals surface area contributed by atoms with Gasteiger partial charge in [0, 0.05) is 13.6 Å². The van der Waals surface area contributed by atoms with Crippen molar-refractivity contribution in [1.29, 1.82) is 0 Å². The average Bonchev–Trinajstić information content (AvgIpc) is 1.84. The van der Waals surface area contributed by atoms with E-state index in [4.69, 9.17) is 5.11 Å². The SMILES string of the molecule is CCN(C)C(=O)[C@H](C)O. The van der Waals surface area contributed by atoms with Gasteiger partial charge in [-0.1, -0.05) is 0 Å². The molecule has 0 aliphatic rings. The van der Waals surface area contributed by atoms with Gasteiger partial charge in [0.1, 0.15) is 6.10 Å². The quantitative estimate of drug-likeness (QED) is 0.566. The predicted octanol–water partition coefficient (Wildman–Crippen LogP) is -0.155. The standard InChI is InChI=1S/C6H13NO2/c1-4-7(3)6(9)5(2)8/h5,8H,4H2,1-3H3/t5-/m0/s1. The van der Waals surface area contributed by atoms with Gasteiger partial charge in [-0.25, -0.2) is 0 Å². The second-order valence-corrected chi connectivity index (χ2v) is 2.03. The Labute approximate surface area is 55.3 Å². The van der Waals surface area contributed by atoms with Gasteiger partial charge in [-0.15, -0.1) is 0 Å². The number of hydrogen-bond acceptors (Lipinski definition) is 2. The maximum absolute atomic E-state index is 10.7. The van der Waals surface area contributed by atoms with E-state index in [2.05, 4.69) is 0 Å². The highest BCUT2D eigenvalue weighted by atomic mass is 16.3. The van der Waals surface area contributed by atoms with Crippen LogP contribution in [0, 0.1) is 0 Å². The van der Waals surface area contributed by atoms with Crippen LogP contribution in [-0.4, -0.2) is 35.6 Å². The number of aliphatic hydroxyl groups excluding tert-OH is 1. The summed E-state index contributed by atoms with van der Waals surface area (Å²) in [5.41, 5.74) is 0. The summed E-state index contributed by atoms with van der Waals surface area (Å²) in [6.45, 7) is 3.97. The number of hydrogen-bond donors (Lipinski definition) is 1. The predicted molar refractivity (Wildman–Crippen MR) is 35.0 cm³/mol. The second-order valence-electron chi connectivity index (χ2n) is 2.03. The molecule has 1 amide bonds. The largest absolute Gasteiger partial charge is 0.384 e. The molecular weight excluding hydrogens is 118 g/mol. The van der Waals surface area contributed by atoms with Crippen LogP contribution in [0.15, 0.2) is 0 Å². The molecule has 0 rings (SSSR count). The van der Waals surface area contributed by atoms with Crippen LogP contribution in [0.25, 0.3) is 0 Å². The number of rotatable bonds is 2. The molecule has 0 aliphatic carbocycles. The summed E-state index contributed by atoms with van der Waals surface area (Å²) in [7, 11) is 1.66. The number of carbonyl (C=O) groups excluding carboxylic acids is 1. The van der Waals surface area contributed by atoms with Crippen LogP contribution in [0.3, 0.4) is 0 Å².